The van der Waals surface area contributed by atoms with Crippen LogP contribution < -0.4 is 4.74 Å². The molecule has 0 heterocycles. The van der Waals surface area contributed by atoms with E-state index >= 15 is 0 Å². The van der Waals surface area contributed by atoms with E-state index < -0.39 is 0 Å². The highest BCUT2D eigenvalue weighted by Gasteiger charge is 2.19. The summed E-state index contributed by atoms with van der Waals surface area (Å²) in [6.45, 7) is 10.3. The van der Waals surface area contributed by atoms with Crippen LogP contribution in [-0.2, 0) is 11.3 Å². The van der Waals surface area contributed by atoms with Crippen LogP contribution in [0.1, 0.15) is 39.5 Å². The van der Waals surface area contributed by atoms with Crippen molar-refractivity contribution in [3.63, 3.8) is 0 Å². The van der Waals surface area contributed by atoms with Crippen molar-refractivity contribution in [2.45, 2.75) is 27.4 Å². The monoisotopic (exact) mass is 310 g/mol. The van der Waals surface area contributed by atoms with Crippen LogP contribution in [0.25, 0.3) is 6.08 Å². The van der Waals surface area contributed by atoms with Crippen molar-refractivity contribution < 1.29 is 14.3 Å². The molecule has 3 nitrogen and oxygen atoms in total. The average Bonchev–Trinajstić information content (AvgIpc) is 2.57. The average molecular weight is 310 g/mol. The maximum Gasteiger partial charge on any atom is 0.339 e. The molecule has 2 rings (SSSR count). The third-order valence-corrected chi connectivity index (χ3v) is 3.82. The van der Waals surface area contributed by atoms with Crippen molar-refractivity contribution >= 4 is 12.0 Å². The van der Waals surface area contributed by atoms with E-state index in [1.54, 1.807) is 13.0 Å². The lowest BCUT2D eigenvalue weighted by Gasteiger charge is -2.16. The SMILES string of the molecule is C=Cc1cc(OCc2ccccc2)c(C)c(C)c1C(=O)OCC. The molecule has 0 saturated heterocycles. The normalized spacial score (nSPS) is 10.2. The molecule has 3 heteroatoms. The molecule has 0 spiro atoms. The van der Waals surface area contributed by atoms with Gasteiger partial charge in [-0.25, -0.2) is 4.79 Å². The number of esters is 1. The second-order valence-electron chi connectivity index (χ2n) is 5.29. The Kier molecular flexibility index (Phi) is 5.58. The molecule has 0 aromatic heterocycles. The zero-order valence-corrected chi connectivity index (χ0v) is 13.9. The summed E-state index contributed by atoms with van der Waals surface area (Å²) in [4.78, 5) is 12.2. The Hall–Kier alpha value is -2.55. The summed E-state index contributed by atoms with van der Waals surface area (Å²) in [6.07, 6.45) is 1.66. The predicted octanol–water partition coefficient (Wildman–Crippen LogP) is 4.70. The Morgan fingerprint density at radius 3 is 2.48 bits per heavy atom. The maximum absolute atomic E-state index is 12.2. The van der Waals surface area contributed by atoms with Crippen molar-refractivity contribution in [1.29, 1.82) is 0 Å². The van der Waals surface area contributed by atoms with E-state index in [4.69, 9.17) is 9.47 Å². The van der Waals surface area contributed by atoms with Crippen molar-refractivity contribution in [2.75, 3.05) is 6.61 Å². The molecular weight excluding hydrogens is 288 g/mol. The highest BCUT2D eigenvalue weighted by atomic mass is 16.5. The quantitative estimate of drug-likeness (QED) is 0.725. The second kappa shape index (κ2) is 7.63. The van der Waals surface area contributed by atoms with Gasteiger partial charge in [-0.15, -0.1) is 0 Å². The fourth-order valence-electron chi connectivity index (χ4n) is 2.43. The van der Waals surface area contributed by atoms with Gasteiger partial charge in [0.2, 0.25) is 0 Å². The number of hydrogen-bond acceptors (Lipinski definition) is 3. The molecule has 0 amide bonds. The van der Waals surface area contributed by atoms with Gasteiger partial charge < -0.3 is 9.47 Å². The van der Waals surface area contributed by atoms with Gasteiger partial charge >= 0.3 is 5.97 Å². The molecule has 0 aliphatic carbocycles. The van der Waals surface area contributed by atoms with Gasteiger partial charge in [-0.2, -0.15) is 0 Å². The second-order valence-corrected chi connectivity index (χ2v) is 5.29. The first-order valence-corrected chi connectivity index (χ1v) is 7.69. The topological polar surface area (TPSA) is 35.5 Å². The summed E-state index contributed by atoms with van der Waals surface area (Å²) in [7, 11) is 0. The van der Waals surface area contributed by atoms with Crippen molar-refractivity contribution in [3.8, 4) is 5.75 Å². The van der Waals surface area contributed by atoms with Gasteiger partial charge in [0.25, 0.3) is 0 Å². The summed E-state index contributed by atoms with van der Waals surface area (Å²) in [5, 5.41) is 0. The minimum Gasteiger partial charge on any atom is -0.489 e. The zero-order valence-electron chi connectivity index (χ0n) is 13.9. The number of carbonyl (C=O) groups excluding carboxylic acids is 1. The molecule has 0 unspecified atom stereocenters. The van der Waals surface area contributed by atoms with Gasteiger partial charge in [-0.05, 0) is 49.1 Å². The van der Waals surface area contributed by atoms with Crippen LogP contribution in [0.5, 0.6) is 5.75 Å². The Labute approximate surface area is 137 Å². The van der Waals surface area contributed by atoms with Crippen molar-refractivity contribution in [3.05, 3.63) is 70.8 Å². The lowest BCUT2D eigenvalue weighted by atomic mass is 9.96. The van der Waals surface area contributed by atoms with Crippen LogP contribution in [0.4, 0.5) is 0 Å². The fourth-order valence-corrected chi connectivity index (χ4v) is 2.43. The molecule has 2 aromatic rings. The summed E-state index contributed by atoms with van der Waals surface area (Å²) >= 11 is 0. The molecule has 0 saturated carbocycles. The molecular formula is C20H22O3. The van der Waals surface area contributed by atoms with E-state index in [2.05, 4.69) is 6.58 Å². The molecule has 0 aliphatic rings. The zero-order chi connectivity index (χ0) is 16.8. The third-order valence-electron chi connectivity index (χ3n) is 3.82. The number of carbonyl (C=O) groups is 1. The summed E-state index contributed by atoms with van der Waals surface area (Å²) in [5.41, 5.74) is 4.19. The minimum absolute atomic E-state index is 0.322. The van der Waals surface area contributed by atoms with E-state index in [0.717, 1.165) is 28.0 Å². The smallest absolute Gasteiger partial charge is 0.339 e. The minimum atomic E-state index is -0.322. The highest BCUT2D eigenvalue weighted by Crippen LogP contribution is 2.30. The Balaban J connectivity index is 2.33. The molecule has 2 aromatic carbocycles. The molecule has 0 bridgehead atoms. The standard InChI is InChI=1S/C20H22O3/c1-5-17-12-18(23-13-16-10-8-7-9-11-16)14(3)15(4)19(17)20(21)22-6-2/h5,7-12H,1,6,13H2,2-4H3. The highest BCUT2D eigenvalue weighted by molar-refractivity contribution is 5.96. The first-order valence-electron chi connectivity index (χ1n) is 7.69. The molecule has 23 heavy (non-hydrogen) atoms. The van der Waals surface area contributed by atoms with Crippen LogP contribution in [0, 0.1) is 13.8 Å². The van der Waals surface area contributed by atoms with Crippen LogP contribution in [0.2, 0.25) is 0 Å². The van der Waals surface area contributed by atoms with E-state index in [-0.39, 0.29) is 5.97 Å². The third kappa shape index (κ3) is 3.81. The number of ether oxygens (including phenoxy) is 2. The molecule has 120 valence electrons. The predicted molar refractivity (Wildman–Crippen MR) is 92.7 cm³/mol. The van der Waals surface area contributed by atoms with Crippen LogP contribution in [-0.4, -0.2) is 12.6 Å². The summed E-state index contributed by atoms with van der Waals surface area (Å²) in [6, 6.07) is 11.8. The van der Waals surface area contributed by atoms with Crippen molar-refractivity contribution in [1.82, 2.24) is 0 Å². The molecule has 0 N–H and O–H groups in total. The largest absolute Gasteiger partial charge is 0.489 e. The Morgan fingerprint density at radius 2 is 1.87 bits per heavy atom. The van der Waals surface area contributed by atoms with Gasteiger partial charge in [-0.1, -0.05) is 43.0 Å². The number of benzene rings is 2. The van der Waals surface area contributed by atoms with E-state index in [0.29, 0.717) is 18.8 Å². The van der Waals surface area contributed by atoms with Gasteiger partial charge in [0.15, 0.2) is 0 Å². The number of hydrogen-bond donors (Lipinski definition) is 0. The first-order chi connectivity index (χ1) is 11.1. The van der Waals surface area contributed by atoms with Gasteiger partial charge in [0.1, 0.15) is 12.4 Å². The maximum atomic E-state index is 12.2. The lowest BCUT2D eigenvalue weighted by Crippen LogP contribution is -2.11. The van der Waals surface area contributed by atoms with E-state index in [1.165, 1.54) is 0 Å². The van der Waals surface area contributed by atoms with Gasteiger partial charge in [0.05, 0.1) is 12.2 Å². The first kappa shape index (κ1) is 16.8. The fraction of sp³-hybridized carbons (Fsp3) is 0.250. The van der Waals surface area contributed by atoms with Crippen LogP contribution >= 0.6 is 0 Å². The van der Waals surface area contributed by atoms with E-state index in [1.807, 2.05) is 50.2 Å². The molecule has 0 fully saturated rings. The lowest BCUT2D eigenvalue weighted by molar-refractivity contribution is 0.0525. The van der Waals surface area contributed by atoms with Crippen LogP contribution in [0.3, 0.4) is 0 Å². The van der Waals surface area contributed by atoms with Crippen molar-refractivity contribution in [2.24, 2.45) is 0 Å². The summed E-state index contributed by atoms with van der Waals surface area (Å²) < 4.78 is 11.1. The Bertz CT molecular complexity index is 703. The van der Waals surface area contributed by atoms with E-state index in [9.17, 15) is 4.79 Å². The summed E-state index contributed by atoms with van der Waals surface area (Å²) in [5.74, 6) is 0.437. The number of rotatable bonds is 6. The van der Waals surface area contributed by atoms with Gasteiger partial charge in [-0.3, -0.25) is 0 Å². The molecule has 0 atom stereocenters. The molecule has 0 aliphatic heterocycles. The molecule has 0 radical (unpaired) electrons. The van der Waals surface area contributed by atoms with Crippen LogP contribution in [0.15, 0.2) is 43.0 Å². The Morgan fingerprint density at radius 1 is 1.17 bits per heavy atom. The van der Waals surface area contributed by atoms with Gasteiger partial charge in [0, 0.05) is 0 Å².